The van der Waals surface area contributed by atoms with Crippen LogP contribution in [0.25, 0.3) is 32.2 Å². The van der Waals surface area contributed by atoms with Crippen LogP contribution < -0.4 is 0 Å². The van der Waals surface area contributed by atoms with E-state index in [0.29, 0.717) is 6.42 Å². The molecule has 0 amide bonds. The summed E-state index contributed by atoms with van der Waals surface area (Å²) in [5.74, 6) is 0.806. The molecule has 0 spiro atoms. The molecule has 4 heterocycles. The quantitative estimate of drug-likeness (QED) is 0.253. The molecule has 0 saturated carbocycles. The standard InChI is InChI=1S/C31H32N4O3S/c1-31(2,3)38-30(36)35-11-10-24-17-23(8-9-26(24)35)25-20-39-27-18-32-28(33-29(25)27)16-21-4-6-22(7-5-21)19-34-12-14-37-15-13-34/h4-11,17-18,20H,12-16,19H2,1-3H3. The Hall–Kier alpha value is -3.59. The van der Waals surface area contributed by atoms with Crippen molar-refractivity contribution in [2.75, 3.05) is 26.3 Å². The maximum absolute atomic E-state index is 12.6. The molecule has 0 aliphatic carbocycles. The summed E-state index contributed by atoms with van der Waals surface area (Å²) >= 11 is 1.65. The van der Waals surface area contributed by atoms with Crippen molar-refractivity contribution in [3.05, 3.63) is 83.3 Å². The molecule has 5 aromatic rings. The molecule has 6 rings (SSSR count). The van der Waals surface area contributed by atoms with Crippen molar-refractivity contribution in [3.8, 4) is 11.1 Å². The van der Waals surface area contributed by atoms with E-state index in [9.17, 15) is 4.79 Å². The van der Waals surface area contributed by atoms with E-state index >= 15 is 0 Å². The van der Waals surface area contributed by atoms with Gasteiger partial charge < -0.3 is 9.47 Å². The van der Waals surface area contributed by atoms with Crippen LogP contribution in [0.2, 0.25) is 0 Å². The van der Waals surface area contributed by atoms with Crippen LogP contribution in [0.3, 0.4) is 0 Å². The summed E-state index contributed by atoms with van der Waals surface area (Å²) in [6, 6.07) is 16.8. The molecule has 1 saturated heterocycles. The zero-order valence-corrected chi connectivity index (χ0v) is 23.3. The highest BCUT2D eigenvalue weighted by Crippen LogP contribution is 2.34. The number of carbonyl (C=O) groups excluding carboxylic acids is 1. The Balaban J connectivity index is 1.22. The lowest BCUT2D eigenvalue weighted by molar-refractivity contribution is 0.0342. The Morgan fingerprint density at radius 1 is 1.05 bits per heavy atom. The van der Waals surface area contributed by atoms with E-state index in [2.05, 4.69) is 45.6 Å². The summed E-state index contributed by atoms with van der Waals surface area (Å²) in [7, 11) is 0. The molecule has 2 aromatic carbocycles. The van der Waals surface area contributed by atoms with E-state index in [-0.39, 0.29) is 6.09 Å². The Bertz CT molecular complexity index is 1630. The topological polar surface area (TPSA) is 69.5 Å². The van der Waals surface area contributed by atoms with E-state index in [1.807, 2.05) is 45.2 Å². The number of fused-ring (bicyclic) bond motifs is 2. The Morgan fingerprint density at radius 3 is 2.59 bits per heavy atom. The van der Waals surface area contributed by atoms with Crippen LogP contribution in [0.5, 0.6) is 0 Å². The molecule has 200 valence electrons. The van der Waals surface area contributed by atoms with Gasteiger partial charge in [-0.25, -0.2) is 14.8 Å². The number of rotatable bonds is 5. The van der Waals surface area contributed by atoms with Crippen LogP contribution >= 0.6 is 11.3 Å². The molecule has 1 fully saturated rings. The van der Waals surface area contributed by atoms with Crippen LogP contribution in [0.1, 0.15) is 37.7 Å². The summed E-state index contributed by atoms with van der Waals surface area (Å²) in [5.41, 5.74) is 5.87. The van der Waals surface area contributed by atoms with Gasteiger partial charge in [-0.1, -0.05) is 30.3 Å². The number of hydrogen-bond acceptors (Lipinski definition) is 7. The van der Waals surface area contributed by atoms with E-state index in [1.165, 1.54) is 11.1 Å². The highest BCUT2D eigenvalue weighted by Gasteiger charge is 2.19. The lowest BCUT2D eigenvalue weighted by Gasteiger charge is -2.26. The second kappa shape index (κ2) is 10.5. The van der Waals surface area contributed by atoms with E-state index in [0.717, 1.165) is 70.9 Å². The molecule has 39 heavy (non-hydrogen) atoms. The lowest BCUT2D eigenvalue weighted by Crippen LogP contribution is -2.35. The average Bonchev–Trinajstić information content (AvgIpc) is 3.53. The fourth-order valence-electron chi connectivity index (χ4n) is 4.90. The van der Waals surface area contributed by atoms with E-state index in [4.69, 9.17) is 14.5 Å². The van der Waals surface area contributed by atoms with E-state index in [1.54, 1.807) is 22.1 Å². The van der Waals surface area contributed by atoms with Crippen molar-refractivity contribution < 1.29 is 14.3 Å². The number of morpholine rings is 1. The van der Waals surface area contributed by atoms with Gasteiger partial charge in [-0.05, 0) is 55.7 Å². The number of ether oxygens (including phenoxy) is 2. The molecule has 0 bridgehead atoms. The predicted octanol–water partition coefficient (Wildman–Crippen LogP) is 6.52. The molecule has 0 unspecified atom stereocenters. The normalized spacial score (nSPS) is 14.7. The number of benzene rings is 2. The average molecular weight is 541 g/mol. The third-order valence-corrected chi connectivity index (χ3v) is 7.76. The largest absolute Gasteiger partial charge is 0.443 e. The van der Waals surface area contributed by atoms with Crippen LogP contribution in [-0.4, -0.2) is 57.4 Å². The Kier molecular flexibility index (Phi) is 6.93. The van der Waals surface area contributed by atoms with Crippen molar-refractivity contribution >= 4 is 38.5 Å². The van der Waals surface area contributed by atoms with Gasteiger partial charge in [-0.3, -0.25) is 9.47 Å². The number of carbonyl (C=O) groups is 1. The maximum atomic E-state index is 12.6. The minimum absolute atomic E-state index is 0.377. The fourth-order valence-corrected chi connectivity index (χ4v) is 5.77. The van der Waals surface area contributed by atoms with Gasteiger partial charge in [-0.2, -0.15) is 0 Å². The molecule has 1 aliphatic heterocycles. The van der Waals surface area contributed by atoms with Gasteiger partial charge in [0.2, 0.25) is 0 Å². The van der Waals surface area contributed by atoms with Crippen molar-refractivity contribution in [1.29, 1.82) is 0 Å². The molecule has 1 aliphatic rings. The van der Waals surface area contributed by atoms with Gasteiger partial charge in [0.15, 0.2) is 0 Å². The van der Waals surface area contributed by atoms with Gasteiger partial charge in [0.1, 0.15) is 11.4 Å². The number of hydrogen-bond donors (Lipinski definition) is 0. The smallest absolute Gasteiger partial charge is 0.418 e. The van der Waals surface area contributed by atoms with Crippen molar-refractivity contribution in [1.82, 2.24) is 19.4 Å². The van der Waals surface area contributed by atoms with Gasteiger partial charge >= 0.3 is 6.09 Å². The second-order valence-corrected chi connectivity index (χ2v) is 11.9. The number of thiophene rings is 1. The zero-order chi connectivity index (χ0) is 27.0. The molecule has 3 aromatic heterocycles. The van der Waals surface area contributed by atoms with Gasteiger partial charge in [0.25, 0.3) is 0 Å². The van der Waals surface area contributed by atoms with Crippen LogP contribution in [0, 0.1) is 0 Å². The number of aromatic nitrogens is 3. The van der Waals surface area contributed by atoms with Crippen LogP contribution in [0.4, 0.5) is 4.79 Å². The Labute approximate surface area is 232 Å². The first-order valence-corrected chi connectivity index (χ1v) is 14.2. The highest BCUT2D eigenvalue weighted by atomic mass is 32.1. The molecule has 7 nitrogen and oxygen atoms in total. The minimum Gasteiger partial charge on any atom is -0.443 e. The van der Waals surface area contributed by atoms with Gasteiger partial charge in [0.05, 0.1) is 28.9 Å². The summed E-state index contributed by atoms with van der Waals surface area (Å²) in [6.45, 7) is 10.2. The zero-order valence-electron chi connectivity index (χ0n) is 22.5. The van der Waals surface area contributed by atoms with E-state index < -0.39 is 5.60 Å². The molecular weight excluding hydrogens is 508 g/mol. The first-order chi connectivity index (χ1) is 18.8. The molecule has 0 atom stereocenters. The summed E-state index contributed by atoms with van der Waals surface area (Å²) in [5, 5.41) is 3.11. The predicted molar refractivity (Wildman–Crippen MR) is 155 cm³/mol. The maximum Gasteiger partial charge on any atom is 0.418 e. The minimum atomic E-state index is -0.550. The van der Waals surface area contributed by atoms with Gasteiger partial charge in [-0.15, -0.1) is 11.3 Å². The number of nitrogens with zero attached hydrogens (tertiary/aromatic N) is 4. The van der Waals surface area contributed by atoms with Gasteiger partial charge in [0, 0.05) is 54.8 Å². The summed E-state index contributed by atoms with van der Waals surface area (Å²) in [6.07, 6.45) is 4.00. The second-order valence-electron chi connectivity index (χ2n) is 11.0. The Morgan fingerprint density at radius 2 is 1.82 bits per heavy atom. The van der Waals surface area contributed by atoms with Crippen molar-refractivity contribution in [2.24, 2.45) is 0 Å². The SMILES string of the molecule is CC(C)(C)OC(=O)n1ccc2cc(-c3csc4cnc(Cc5ccc(CN6CCOCC6)cc5)nc34)ccc21. The lowest BCUT2D eigenvalue weighted by atomic mass is 10.1. The third-order valence-electron chi connectivity index (χ3n) is 6.85. The molecular formula is C31H32N4O3S. The highest BCUT2D eigenvalue weighted by molar-refractivity contribution is 7.17. The third kappa shape index (κ3) is 5.73. The first kappa shape index (κ1) is 25.7. The monoisotopic (exact) mass is 540 g/mol. The first-order valence-electron chi connectivity index (χ1n) is 13.3. The van der Waals surface area contributed by atoms with Crippen molar-refractivity contribution in [2.45, 2.75) is 39.3 Å². The molecule has 0 N–H and O–H groups in total. The van der Waals surface area contributed by atoms with Crippen LogP contribution in [-0.2, 0) is 22.4 Å². The summed E-state index contributed by atoms with van der Waals surface area (Å²) < 4.78 is 13.6. The molecule has 8 heteroatoms. The van der Waals surface area contributed by atoms with Crippen LogP contribution in [0.15, 0.2) is 66.3 Å². The van der Waals surface area contributed by atoms with Crippen molar-refractivity contribution in [3.63, 3.8) is 0 Å². The summed E-state index contributed by atoms with van der Waals surface area (Å²) in [4.78, 5) is 24.7. The fraction of sp³-hybridized carbons (Fsp3) is 0.323. The molecule has 0 radical (unpaired) electrons.